The molecule has 0 saturated heterocycles. The Morgan fingerprint density at radius 2 is 2.00 bits per heavy atom. The zero-order valence-corrected chi connectivity index (χ0v) is 12.0. The Kier molecular flexibility index (Phi) is 7.07. The van der Waals surface area contributed by atoms with Gasteiger partial charge in [0, 0.05) is 17.9 Å². The van der Waals surface area contributed by atoms with Crippen molar-refractivity contribution >= 4 is 28.8 Å². The highest BCUT2D eigenvalue weighted by Gasteiger charge is 2.03. The lowest BCUT2D eigenvalue weighted by atomic mass is 10.2. The highest BCUT2D eigenvalue weighted by Crippen LogP contribution is 2.09. The first-order valence-electron chi connectivity index (χ1n) is 6.41. The molecule has 0 bridgehead atoms. The molecule has 0 fully saturated rings. The largest absolute Gasteiger partial charge is 0.389 e. The molecule has 0 aliphatic rings. The third kappa shape index (κ3) is 6.31. The number of hydrogen-bond donors (Lipinski definition) is 2. The van der Waals surface area contributed by atoms with Gasteiger partial charge in [-0.15, -0.1) is 0 Å². The second kappa shape index (κ2) is 8.61. The van der Waals surface area contributed by atoms with E-state index in [1.165, 1.54) is 0 Å². The molecule has 1 rings (SSSR count). The lowest BCUT2D eigenvalue weighted by Crippen LogP contribution is -2.15. The third-order valence-electron chi connectivity index (χ3n) is 2.57. The average Bonchev–Trinajstić information content (AvgIpc) is 2.39. The highest BCUT2D eigenvalue weighted by atomic mass is 32.1. The predicted octanol–water partition coefficient (Wildman–Crippen LogP) is 2.47. The standard InChI is InChI=1S/C14H20N2O2S/c1-2-3-9-18-10-8-13(17)16-12-6-4-11(5-7-12)14(15)19/h4-7H,2-3,8-10H2,1H3,(H2,15,19)(H,16,17). The van der Waals surface area contributed by atoms with E-state index in [0.717, 1.165) is 24.1 Å². The minimum absolute atomic E-state index is 0.0560. The van der Waals surface area contributed by atoms with Gasteiger partial charge in [0.05, 0.1) is 13.0 Å². The zero-order valence-electron chi connectivity index (χ0n) is 11.1. The molecular formula is C14H20N2O2S. The van der Waals surface area contributed by atoms with Gasteiger partial charge < -0.3 is 15.8 Å². The molecule has 5 heteroatoms. The molecule has 19 heavy (non-hydrogen) atoms. The summed E-state index contributed by atoms with van der Waals surface area (Å²) in [6.45, 7) is 3.27. The van der Waals surface area contributed by atoms with E-state index in [2.05, 4.69) is 12.2 Å². The van der Waals surface area contributed by atoms with Crippen molar-refractivity contribution in [1.29, 1.82) is 0 Å². The van der Waals surface area contributed by atoms with Gasteiger partial charge in [-0.1, -0.05) is 25.6 Å². The summed E-state index contributed by atoms with van der Waals surface area (Å²) in [5.41, 5.74) is 7.02. The van der Waals surface area contributed by atoms with Gasteiger partial charge in [-0.25, -0.2) is 0 Å². The van der Waals surface area contributed by atoms with Crippen molar-refractivity contribution in [2.75, 3.05) is 18.5 Å². The number of ether oxygens (including phenoxy) is 1. The van der Waals surface area contributed by atoms with Crippen LogP contribution in [-0.2, 0) is 9.53 Å². The van der Waals surface area contributed by atoms with Crippen molar-refractivity contribution in [2.45, 2.75) is 26.2 Å². The minimum Gasteiger partial charge on any atom is -0.389 e. The van der Waals surface area contributed by atoms with Crippen molar-refractivity contribution in [2.24, 2.45) is 5.73 Å². The quantitative estimate of drug-likeness (QED) is 0.567. The Morgan fingerprint density at radius 1 is 1.32 bits per heavy atom. The lowest BCUT2D eigenvalue weighted by molar-refractivity contribution is -0.117. The Morgan fingerprint density at radius 3 is 2.58 bits per heavy atom. The molecule has 0 spiro atoms. The van der Waals surface area contributed by atoms with Crippen molar-refractivity contribution in [3.8, 4) is 0 Å². The van der Waals surface area contributed by atoms with Crippen LogP contribution in [-0.4, -0.2) is 24.1 Å². The summed E-state index contributed by atoms with van der Waals surface area (Å²) in [5.74, 6) is -0.0560. The molecule has 0 unspecified atom stereocenters. The van der Waals surface area contributed by atoms with Crippen LogP contribution in [0, 0.1) is 0 Å². The topological polar surface area (TPSA) is 64.3 Å². The normalized spacial score (nSPS) is 10.2. The van der Waals surface area contributed by atoms with Gasteiger partial charge in [0.25, 0.3) is 0 Å². The first kappa shape index (κ1) is 15.6. The molecule has 0 aliphatic heterocycles. The third-order valence-corrected chi connectivity index (χ3v) is 2.80. The second-order valence-electron chi connectivity index (χ2n) is 4.21. The number of amides is 1. The number of hydrogen-bond acceptors (Lipinski definition) is 3. The van der Waals surface area contributed by atoms with Crippen LogP contribution in [0.1, 0.15) is 31.7 Å². The summed E-state index contributed by atoms with van der Waals surface area (Å²) in [4.78, 5) is 12.0. The molecule has 0 saturated carbocycles. The maximum atomic E-state index is 11.6. The van der Waals surface area contributed by atoms with Crippen LogP contribution in [0.25, 0.3) is 0 Å². The Labute approximate surface area is 119 Å². The number of thiocarbonyl (C=S) groups is 1. The number of nitrogens with two attached hydrogens (primary N) is 1. The zero-order chi connectivity index (χ0) is 14.1. The SMILES string of the molecule is CCCCOCCC(=O)Nc1ccc(C(N)=S)cc1. The second-order valence-corrected chi connectivity index (χ2v) is 4.65. The number of anilines is 1. The summed E-state index contributed by atoms with van der Waals surface area (Å²) < 4.78 is 5.34. The van der Waals surface area contributed by atoms with Crippen LogP contribution in [0.15, 0.2) is 24.3 Å². The van der Waals surface area contributed by atoms with E-state index >= 15 is 0 Å². The molecule has 1 amide bonds. The fraction of sp³-hybridized carbons (Fsp3) is 0.429. The molecular weight excluding hydrogens is 260 g/mol. The smallest absolute Gasteiger partial charge is 0.226 e. The number of benzene rings is 1. The van der Waals surface area contributed by atoms with E-state index in [9.17, 15) is 4.79 Å². The fourth-order valence-corrected chi connectivity index (χ4v) is 1.59. The van der Waals surface area contributed by atoms with Crippen LogP contribution in [0.5, 0.6) is 0 Å². The van der Waals surface area contributed by atoms with E-state index in [4.69, 9.17) is 22.7 Å². The van der Waals surface area contributed by atoms with Crippen molar-refractivity contribution in [3.05, 3.63) is 29.8 Å². The molecule has 0 aromatic heterocycles. The highest BCUT2D eigenvalue weighted by molar-refractivity contribution is 7.80. The predicted molar refractivity (Wildman–Crippen MR) is 81.3 cm³/mol. The van der Waals surface area contributed by atoms with E-state index in [0.29, 0.717) is 24.6 Å². The maximum Gasteiger partial charge on any atom is 0.226 e. The van der Waals surface area contributed by atoms with E-state index in [1.54, 1.807) is 24.3 Å². The number of carbonyl (C=O) groups is 1. The van der Waals surface area contributed by atoms with E-state index in [-0.39, 0.29) is 5.91 Å². The van der Waals surface area contributed by atoms with Crippen LogP contribution in [0.2, 0.25) is 0 Å². The van der Waals surface area contributed by atoms with Gasteiger partial charge in [-0.2, -0.15) is 0 Å². The molecule has 104 valence electrons. The summed E-state index contributed by atoms with van der Waals surface area (Å²) in [6.07, 6.45) is 2.49. The van der Waals surface area contributed by atoms with Gasteiger partial charge in [-0.05, 0) is 30.7 Å². The first-order valence-corrected chi connectivity index (χ1v) is 6.81. The molecule has 3 N–H and O–H groups in total. The summed E-state index contributed by atoms with van der Waals surface area (Å²) in [7, 11) is 0. The molecule has 0 radical (unpaired) electrons. The van der Waals surface area contributed by atoms with Crippen LogP contribution in [0.3, 0.4) is 0 Å². The number of rotatable bonds is 8. The summed E-state index contributed by atoms with van der Waals surface area (Å²) in [6, 6.07) is 7.14. The van der Waals surface area contributed by atoms with Gasteiger partial charge in [0.15, 0.2) is 0 Å². The Bertz CT molecular complexity index is 418. The van der Waals surface area contributed by atoms with Crippen LogP contribution >= 0.6 is 12.2 Å². The van der Waals surface area contributed by atoms with Crippen molar-refractivity contribution < 1.29 is 9.53 Å². The Balaban J connectivity index is 2.30. The first-order chi connectivity index (χ1) is 9.13. The Hall–Kier alpha value is -1.46. The molecule has 1 aromatic rings. The lowest BCUT2D eigenvalue weighted by Gasteiger charge is -2.06. The van der Waals surface area contributed by atoms with Crippen LogP contribution in [0.4, 0.5) is 5.69 Å². The van der Waals surface area contributed by atoms with Crippen molar-refractivity contribution in [1.82, 2.24) is 0 Å². The molecule has 0 heterocycles. The minimum atomic E-state index is -0.0560. The molecule has 4 nitrogen and oxygen atoms in total. The number of carbonyl (C=O) groups excluding carboxylic acids is 1. The van der Waals surface area contributed by atoms with Gasteiger partial charge in [-0.3, -0.25) is 4.79 Å². The summed E-state index contributed by atoms with van der Waals surface area (Å²) >= 11 is 4.86. The molecule has 1 aromatic carbocycles. The molecule has 0 atom stereocenters. The van der Waals surface area contributed by atoms with Gasteiger partial charge in [0.1, 0.15) is 4.99 Å². The van der Waals surface area contributed by atoms with Crippen LogP contribution < -0.4 is 11.1 Å². The monoisotopic (exact) mass is 280 g/mol. The van der Waals surface area contributed by atoms with Crippen molar-refractivity contribution in [3.63, 3.8) is 0 Å². The van der Waals surface area contributed by atoms with E-state index < -0.39 is 0 Å². The summed E-state index contributed by atoms with van der Waals surface area (Å²) in [5, 5.41) is 2.80. The van der Waals surface area contributed by atoms with Gasteiger partial charge >= 0.3 is 0 Å². The fourth-order valence-electron chi connectivity index (χ4n) is 1.45. The number of nitrogens with one attached hydrogen (secondary N) is 1. The average molecular weight is 280 g/mol. The van der Waals surface area contributed by atoms with Gasteiger partial charge in [0.2, 0.25) is 5.91 Å². The molecule has 0 aliphatic carbocycles. The van der Waals surface area contributed by atoms with E-state index in [1.807, 2.05) is 0 Å². The number of unbranched alkanes of at least 4 members (excludes halogenated alkanes) is 1. The maximum absolute atomic E-state index is 11.6.